The molecule has 2 unspecified atom stereocenters. The molecule has 1 aromatic rings. The van der Waals surface area contributed by atoms with E-state index >= 15 is 0 Å². The first-order valence-corrected chi connectivity index (χ1v) is 4.90. The number of rotatable bonds is 4. The minimum absolute atomic E-state index is 0.0251. The van der Waals surface area contributed by atoms with Crippen LogP contribution in [0.2, 0.25) is 0 Å². The monoisotopic (exact) mass is 202 g/mol. The Kier molecular flexibility index (Phi) is 3.71. The molecule has 2 atom stereocenters. The lowest BCUT2D eigenvalue weighted by Gasteiger charge is -2.16. The summed E-state index contributed by atoms with van der Waals surface area (Å²) in [6.45, 7) is 1.92. The first-order chi connectivity index (χ1) is 6.15. The highest BCUT2D eigenvalue weighted by atomic mass is 32.2. The molecule has 74 valence electrons. The second-order valence-corrected chi connectivity index (χ2v) is 4.07. The number of aliphatic hydroxyl groups is 1. The minimum atomic E-state index is -0.0632. The molecule has 0 aromatic carbocycles. The SMILES string of the molecule is CC(N)C(CO)Sc1ncnn1C. The summed E-state index contributed by atoms with van der Waals surface area (Å²) in [5, 5.41) is 13.7. The topological polar surface area (TPSA) is 77.0 Å². The van der Waals surface area contributed by atoms with Crippen molar-refractivity contribution in [3.63, 3.8) is 0 Å². The summed E-state index contributed by atoms with van der Waals surface area (Å²) in [6.07, 6.45) is 1.48. The van der Waals surface area contributed by atoms with Crippen LogP contribution >= 0.6 is 11.8 Å². The van der Waals surface area contributed by atoms with Crippen molar-refractivity contribution in [2.75, 3.05) is 6.61 Å². The molecule has 3 N–H and O–H groups in total. The van der Waals surface area contributed by atoms with Gasteiger partial charge in [-0.15, -0.1) is 0 Å². The Morgan fingerprint density at radius 2 is 2.46 bits per heavy atom. The zero-order valence-corrected chi connectivity index (χ0v) is 8.53. The van der Waals surface area contributed by atoms with E-state index < -0.39 is 0 Å². The first-order valence-electron chi connectivity index (χ1n) is 4.02. The number of aliphatic hydroxyl groups excluding tert-OH is 1. The van der Waals surface area contributed by atoms with Gasteiger partial charge in [-0.25, -0.2) is 9.67 Å². The quantitative estimate of drug-likeness (QED) is 0.651. The van der Waals surface area contributed by atoms with Crippen LogP contribution in [-0.2, 0) is 7.05 Å². The lowest BCUT2D eigenvalue weighted by atomic mass is 10.3. The van der Waals surface area contributed by atoms with E-state index in [2.05, 4.69) is 10.1 Å². The van der Waals surface area contributed by atoms with Gasteiger partial charge in [-0.3, -0.25) is 0 Å². The molecule has 6 heteroatoms. The van der Waals surface area contributed by atoms with E-state index in [1.54, 1.807) is 4.68 Å². The third-order valence-electron chi connectivity index (χ3n) is 1.69. The van der Waals surface area contributed by atoms with E-state index in [9.17, 15) is 0 Å². The molecule has 0 saturated carbocycles. The molecular weight excluding hydrogens is 188 g/mol. The van der Waals surface area contributed by atoms with Crippen LogP contribution in [0.3, 0.4) is 0 Å². The summed E-state index contributed by atoms with van der Waals surface area (Å²) in [7, 11) is 1.81. The van der Waals surface area contributed by atoms with Gasteiger partial charge < -0.3 is 10.8 Å². The smallest absolute Gasteiger partial charge is 0.186 e. The number of nitrogens with zero attached hydrogens (tertiary/aromatic N) is 3. The Labute approximate surface area is 81.3 Å². The Morgan fingerprint density at radius 3 is 2.85 bits per heavy atom. The van der Waals surface area contributed by atoms with Crippen molar-refractivity contribution in [3.8, 4) is 0 Å². The molecule has 0 bridgehead atoms. The fourth-order valence-corrected chi connectivity index (χ4v) is 1.71. The molecule has 0 aliphatic rings. The van der Waals surface area contributed by atoms with E-state index in [1.165, 1.54) is 18.1 Å². The summed E-state index contributed by atoms with van der Waals surface area (Å²) in [5.41, 5.74) is 5.68. The summed E-state index contributed by atoms with van der Waals surface area (Å²) in [4.78, 5) is 4.03. The Hall–Kier alpha value is -0.590. The molecule has 0 amide bonds. The Bertz CT molecular complexity index is 263. The standard InChI is InChI=1S/C7H14N4OS/c1-5(8)6(3-12)13-7-9-4-10-11(7)2/h4-6,12H,3,8H2,1-2H3. The normalized spacial score (nSPS) is 15.7. The molecule has 13 heavy (non-hydrogen) atoms. The number of aryl methyl sites for hydroxylation is 1. The minimum Gasteiger partial charge on any atom is -0.395 e. The first kappa shape index (κ1) is 10.5. The lowest BCUT2D eigenvalue weighted by Crippen LogP contribution is -2.32. The largest absolute Gasteiger partial charge is 0.395 e. The Balaban J connectivity index is 2.62. The maximum atomic E-state index is 9.03. The van der Waals surface area contributed by atoms with Gasteiger partial charge in [0.1, 0.15) is 6.33 Å². The average Bonchev–Trinajstić information content (AvgIpc) is 2.46. The van der Waals surface area contributed by atoms with Gasteiger partial charge in [-0.05, 0) is 6.92 Å². The van der Waals surface area contributed by atoms with Crippen LogP contribution in [0.1, 0.15) is 6.92 Å². The summed E-state index contributed by atoms with van der Waals surface area (Å²) >= 11 is 1.44. The molecule has 1 rings (SSSR count). The number of nitrogens with two attached hydrogens (primary N) is 1. The van der Waals surface area contributed by atoms with Crippen molar-refractivity contribution in [2.45, 2.75) is 23.4 Å². The highest BCUT2D eigenvalue weighted by molar-refractivity contribution is 7.99. The van der Waals surface area contributed by atoms with Gasteiger partial charge in [0, 0.05) is 13.1 Å². The highest BCUT2D eigenvalue weighted by Gasteiger charge is 2.16. The van der Waals surface area contributed by atoms with E-state index in [1.807, 2.05) is 14.0 Å². The number of hydrogen-bond donors (Lipinski definition) is 2. The zero-order chi connectivity index (χ0) is 9.84. The van der Waals surface area contributed by atoms with Gasteiger partial charge >= 0.3 is 0 Å². The van der Waals surface area contributed by atoms with Gasteiger partial charge in [-0.1, -0.05) is 11.8 Å². The van der Waals surface area contributed by atoms with Crippen LogP contribution in [0, 0.1) is 0 Å². The second-order valence-electron chi connectivity index (χ2n) is 2.86. The van der Waals surface area contributed by atoms with Gasteiger partial charge in [0.25, 0.3) is 0 Å². The third-order valence-corrected chi connectivity index (χ3v) is 3.15. The predicted octanol–water partition coefficient (Wildman–Crippen LogP) is -0.385. The van der Waals surface area contributed by atoms with E-state index in [-0.39, 0.29) is 17.9 Å². The second kappa shape index (κ2) is 4.59. The lowest BCUT2D eigenvalue weighted by molar-refractivity contribution is 0.285. The van der Waals surface area contributed by atoms with Crippen molar-refractivity contribution >= 4 is 11.8 Å². The summed E-state index contributed by atoms with van der Waals surface area (Å²) in [6, 6.07) is -0.0632. The maximum Gasteiger partial charge on any atom is 0.186 e. The molecule has 1 heterocycles. The number of thioether (sulfide) groups is 1. The van der Waals surface area contributed by atoms with Crippen LogP contribution < -0.4 is 5.73 Å². The number of aromatic nitrogens is 3. The van der Waals surface area contributed by atoms with Crippen molar-refractivity contribution in [1.29, 1.82) is 0 Å². The van der Waals surface area contributed by atoms with Crippen LogP contribution in [0.15, 0.2) is 11.5 Å². The van der Waals surface area contributed by atoms with E-state index in [0.29, 0.717) is 0 Å². The van der Waals surface area contributed by atoms with Gasteiger partial charge in [0.15, 0.2) is 5.16 Å². The van der Waals surface area contributed by atoms with Gasteiger partial charge in [0.2, 0.25) is 0 Å². The van der Waals surface area contributed by atoms with Gasteiger partial charge in [-0.2, -0.15) is 5.10 Å². The van der Waals surface area contributed by atoms with Crippen molar-refractivity contribution < 1.29 is 5.11 Å². The molecule has 0 aliphatic heterocycles. The predicted molar refractivity (Wildman–Crippen MR) is 51.4 cm³/mol. The number of hydrogen-bond acceptors (Lipinski definition) is 5. The molecule has 0 fully saturated rings. The van der Waals surface area contributed by atoms with E-state index in [0.717, 1.165) is 5.16 Å². The van der Waals surface area contributed by atoms with Crippen molar-refractivity contribution in [1.82, 2.24) is 14.8 Å². The fourth-order valence-electron chi connectivity index (χ4n) is 0.839. The summed E-state index contributed by atoms with van der Waals surface area (Å²) < 4.78 is 1.66. The molecule has 0 aliphatic carbocycles. The molecule has 0 radical (unpaired) electrons. The van der Waals surface area contributed by atoms with Gasteiger partial charge in [0.05, 0.1) is 11.9 Å². The molecule has 0 saturated heterocycles. The molecule has 5 nitrogen and oxygen atoms in total. The van der Waals surface area contributed by atoms with Crippen molar-refractivity contribution in [3.05, 3.63) is 6.33 Å². The molecule has 0 spiro atoms. The van der Waals surface area contributed by atoms with Crippen LogP contribution in [0.5, 0.6) is 0 Å². The summed E-state index contributed by atoms with van der Waals surface area (Å²) in [5.74, 6) is 0. The van der Waals surface area contributed by atoms with E-state index in [4.69, 9.17) is 10.8 Å². The van der Waals surface area contributed by atoms with Crippen LogP contribution in [0.25, 0.3) is 0 Å². The highest BCUT2D eigenvalue weighted by Crippen LogP contribution is 2.21. The van der Waals surface area contributed by atoms with Crippen molar-refractivity contribution in [2.24, 2.45) is 12.8 Å². The maximum absolute atomic E-state index is 9.03. The zero-order valence-electron chi connectivity index (χ0n) is 7.71. The average molecular weight is 202 g/mol. The fraction of sp³-hybridized carbons (Fsp3) is 0.714. The molecular formula is C7H14N4OS. The van der Waals surface area contributed by atoms with Crippen LogP contribution in [0.4, 0.5) is 0 Å². The Morgan fingerprint density at radius 1 is 1.77 bits per heavy atom. The van der Waals surface area contributed by atoms with Crippen LogP contribution in [-0.4, -0.2) is 37.8 Å². The molecule has 1 aromatic heterocycles. The third kappa shape index (κ3) is 2.68.